The molecule has 4 nitrogen and oxygen atoms in total. The monoisotopic (exact) mass is 290 g/mol. The van der Waals surface area contributed by atoms with Crippen LogP contribution in [-0.4, -0.2) is 17.5 Å². The summed E-state index contributed by atoms with van der Waals surface area (Å²) in [6.45, 7) is 0.0422. The zero-order valence-corrected chi connectivity index (χ0v) is 11.5. The van der Waals surface area contributed by atoms with Gasteiger partial charge in [0.2, 0.25) is 0 Å². The van der Waals surface area contributed by atoms with Gasteiger partial charge in [-0.3, -0.25) is 5.41 Å². The van der Waals surface area contributed by atoms with Gasteiger partial charge < -0.3 is 15.6 Å². The normalized spacial score (nSPS) is 10.3. The Morgan fingerprint density at radius 1 is 1.20 bits per heavy atom. The van der Waals surface area contributed by atoms with Gasteiger partial charge in [-0.1, -0.05) is 29.8 Å². The summed E-state index contributed by atoms with van der Waals surface area (Å²) >= 11 is 5.90. The zero-order chi connectivity index (χ0) is 14.5. The van der Waals surface area contributed by atoms with Gasteiger partial charge in [0, 0.05) is 11.6 Å². The van der Waals surface area contributed by atoms with E-state index in [1.165, 1.54) is 0 Å². The van der Waals surface area contributed by atoms with E-state index in [0.717, 1.165) is 5.56 Å². The smallest absolute Gasteiger partial charge is 0.138 e. The number of aliphatic hydroxyl groups is 1. The molecule has 0 aliphatic rings. The van der Waals surface area contributed by atoms with Gasteiger partial charge in [-0.15, -0.1) is 0 Å². The lowest BCUT2D eigenvalue weighted by atomic mass is 10.1. The van der Waals surface area contributed by atoms with Crippen LogP contribution in [0.15, 0.2) is 42.5 Å². The second-order valence-electron chi connectivity index (χ2n) is 4.24. The summed E-state index contributed by atoms with van der Waals surface area (Å²) in [6, 6.07) is 12.4. The topological polar surface area (TPSA) is 79.3 Å². The Kier molecular flexibility index (Phi) is 4.61. The van der Waals surface area contributed by atoms with Crippen LogP contribution in [0.25, 0.3) is 0 Å². The number of ether oxygens (including phenoxy) is 1. The minimum atomic E-state index is -0.109. The molecule has 2 aromatic carbocycles. The van der Waals surface area contributed by atoms with Gasteiger partial charge in [-0.2, -0.15) is 0 Å². The van der Waals surface area contributed by atoms with Crippen molar-refractivity contribution in [3.8, 4) is 11.5 Å². The quantitative estimate of drug-likeness (QED) is 0.585. The predicted octanol–water partition coefficient (Wildman–Crippen LogP) is 2.95. The fourth-order valence-electron chi connectivity index (χ4n) is 1.85. The average Bonchev–Trinajstić information content (AvgIpc) is 2.43. The zero-order valence-electron chi connectivity index (χ0n) is 10.8. The summed E-state index contributed by atoms with van der Waals surface area (Å²) in [5, 5.41) is 17.1. The molecule has 0 heterocycles. The molecule has 0 fully saturated rings. The first-order valence-corrected chi connectivity index (χ1v) is 6.50. The van der Waals surface area contributed by atoms with Gasteiger partial charge in [-0.25, -0.2) is 0 Å². The molecule has 2 aromatic rings. The molecule has 0 spiro atoms. The molecule has 0 aromatic heterocycles. The van der Waals surface area contributed by atoms with Crippen molar-refractivity contribution >= 4 is 17.4 Å². The third-order valence-electron chi connectivity index (χ3n) is 2.81. The van der Waals surface area contributed by atoms with E-state index in [4.69, 9.17) is 32.6 Å². The van der Waals surface area contributed by atoms with Gasteiger partial charge >= 0.3 is 0 Å². The molecule has 0 unspecified atom stereocenters. The number of halogens is 1. The second-order valence-corrected chi connectivity index (χ2v) is 4.67. The van der Waals surface area contributed by atoms with E-state index in [0.29, 0.717) is 28.5 Å². The van der Waals surface area contributed by atoms with E-state index in [9.17, 15) is 0 Å². The Morgan fingerprint density at radius 2 is 1.95 bits per heavy atom. The van der Waals surface area contributed by atoms with Crippen LogP contribution < -0.4 is 10.5 Å². The molecule has 0 saturated carbocycles. The van der Waals surface area contributed by atoms with E-state index in [-0.39, 0.29) is 12.4 Å². The van der Waals surface area contributed by atoms with Crippen LogP contribution >= 0.6 is 11.6 Å². The van der Waals surface area contributed by atoms with Crippen LogP contribution in [0.5, 0.6) is 11.5 Å². The lowest BCUT2D eigenvalue weighted by Crippen LogP contribution is -2.12. The summed E-state index contributed by atoms with van der Waals surface area (Å²) in [6.07, 6.45) is 0.499. The molecule has 4 N–H and O–H groups in total. The third-order valence-corrected chi connectivity index (χ3v) is 3.04. The Morgan fingerprint density at radius 3 is 2.65 bits per heavy atom. The van der Waals surface area contributed by atoms with Gasteiger partial charge in [0.1, 0.15) is 17.3 Å². The lowest BCUT2D eigenvalue weighted by Gasteiger charge is -2.13. The van der Waals surface area contributed by atoms with Crippen molar-refractivity contribution in [3.05, 3.63) is 58.6 Å². The van der Waals surface area contributed by atoms with Crippen molar-refractivity contribution in [3.63, 3.8) is 0 Å². The summed E-state index contributed by atoms with van der Waals surface area (Å²) in [7, 11) is 0. The van der Waals surface area contributed by atoms with Crippen molar-refractivity contribution in [2.75, 3.05) is 6.61 Å². The maximum Gasteiger partial charge on any atom is 0.138 e. The van der Waals surface area contributed by atoms with E-state index < -0.39 is 0 Å². The molecule has 5 heteroatoms. The van der Waals surface area contributed by atoms with Crippen LogP contribution in [0.3, 0.4) is 0 Å². The average molecular weight is 291 g/mol. The van der Waals surface area contributed by atoms with Crippen molar-refractivity contribution < 1.29 is 9.84 Å². The number of benzene rings is 2. The van der Waals surface area contributed by atoms with Gasteiger partial charge in [0.25, 0.3) is 0 Å². The summed E-state index contributed by atoms with van der Waals surface area (Å²) in [4.78, 5) is 0. The van der Waals surface area contributed by atoms with Crippen LogP contribution in [0.1, 0.15) is 11.1 Å². The number of hydrogen-bond acceptors (Lipinski definition) is 3. The minimum Gasteiger partial charge on any atom is -0.456 e. The first-order valence-electron chi connectivity index (χ1n) is 6.12. The summed E-state index contributed by atoms with van der Waals surface area (Å²) < 4.78 is 5.82. The van der Waals surface area contributed by atoms with Crippen molar-refractivity contribution in [2.45, 2.75) is 6.42 Å². The fourth-order valence-corrected chi connectivity index (χ4v) is 2.02. The van der Waals surface area contributed by atoms with E-state index in [1.54, 1.807) is 18.2 Å². The standard InChI is InChI=1S/C15H15ClN2O2/c16-11-5-6-14(12(9-11)15(17)18)20-13-4-2-1-3-10(13)7-8-19/h1-6,9,19H,7-8H2,(H3,17,18). The summed E-state index contributed by atoms with van der Waals surface area (Å²) in [5.41, 5.74) is 6.87. The van der Waals surface area contributed by atoms with E-state index >= 15 is 0 Å². The largest absolute Gasteiger partial charge is 0.456 e. The first kappa shape index (κ1) is 14.4. The second kappa shape index (κ2) is 6.41. The Balaban J connectivity index is 2.37. The molecule has 0 bridgehead atoms. The van der Waals surface area contributed by atoms with Gasteiger partial charge in [0.05, 0.1) is 5.56 Å². The number of aliphatic hydroxyl groups excluding tert-OH is 1. The van der Waals surface area contributed by atoms with E-state index in [1.807, 2.05) is 24.3 Å². The number of hydrogen-bond donors (Lipinski definition) is 3. The lowest BCUT2D eigenvalue weighted by molar-refractivity contribution is 0.298. The number of nitrogen functional groups attached to an aromatic ring is 1. The number of nitrogens with two attached hydrogens (primary N) is 1. The van der Waals surface area contributed by atoms with Crippen molar-refractivity contribution in [1.29, 1.82) is 5.41 Å². The Bertz CT molecular complexity index is 629. The highest BCUT2D eigenvalue weighted by Gasteiger charge is 2.10. The molecular weight excluding hydrogens is 276 g/mol. The first-order chi connectivity index (χ1) is 9.61. The summed E-state index contributed by atoms with van der Waals surface area (Å²) in [5.74, 6) is 0.987. The maximum absolute atomic E-state index is 9.06. The molecule has 0 aliphatic heterocycles. The number of para-hydroxylation sites is 1. The number of nitrogens with one attached hydrogen (secondary N) is 1. The predicted molar refractivity (Wildman–Crippen MR) is 79.8 cm³/mol. The van der Waals surface area contributed by atoms with Crippen molar-refractivity contribution in [1.82, 2.24) is 0 Å². The molecule has 20 heavy (non-hydrogen) atoms. The van der Waals surface area contributed by atoms with Crippen molar-refractivity contribution in [2.24, 2.45) is 5.73 Å². The molecule has 0 radical (unpaired) electrons. The third kappa shape index (κ3) is 3.29. The number of rotatable bonds is 5. The number of amidine groups is 1. The van der Waals surface area contributed by atoms with Crippen LogP contribution in [0.4, 0.5) is 0 Å². The molecule has 0 atom stereocenters. The highest BCUT2D eigenvalue weighted by atomic mass is 35.5. The molecule has 2 rings (SSSR count). The fraction of sp³-hybridized carbons (Fsp3) is 0.133. The Labute approximate surface area is 122 Å². The van der Waals surface area contributed by atoms with E-state index in [2.05, 4.69) is 0 Å². The van der Waals surface area contributed by atoms with Crippen LogP contribution in [0, 0.1) is 5.41 Å². The highest BCUT2D eigenvalue weighted by Crippen LogP contribution is 2.30. The SMILES string of the molecule is N=C(N)c1cc(Cl)ccc1Oc1ccccc1CCO. The van der Waals surface area contributed by atoms with Crippen LogP contribution in [-0.2, 0) is 6.42 Å². The molecule has 0 amide bonds. The highest BCUT2D eigenvalue weighted by molar-refractivity contribution is 6.31. The maximum atomic E-state index is 9.06. The Hall–Kier alpha value is -2.04. The molecule has 0 aliphatic carbocycles. The van der Waals surface area contributed by atoms with Gasteiger partial charge in [0.15, 0.2) is 0 Å². The molecular formula is C15H15ClN2O2. The molecule has 0 saturated heterocycles. The van der Waals surface area contributed by atoms with Crippen LogP contribution in [0.2, 0.25) is 5.02 Å². The minimum absolute atomic E-state index is 0.0422. The molecule has 104 valence electrons. The van der Waals surface area contributed by atoms with Gasteiger partial charge in [-0.05, 0) is 36.2 Å².